The fraction of sp³-hybridized carbons (Fsp3) is 0.909. The van der Waals surface area contributed by atoms with Crippen molar-refractivity contribution < 1.29 is 14.7 Å². The molecule has 0 bridgehead atoms. The minimum atomic E-state index is -0.950. The van der Waals surface area contributed by atoms with Crippen LogP contribution in [0.5, 0.6) is 0 Å². The summed E-state index contributed by atoms with van der Waals surface area (Å²) < 4.78 is 0. The molecule has 148 valence electrons. The maximum absolute atomic E-state index is 11.5. The van der Waals surface area contributed by atoms with E-state index in [1.807, 2.05) is 6.92 Å². The van der Waals surface area contributed by atoms with Crippen LogP contribution in [0, 0.1) is 11.8 Å². The summed E-state index contributed by atoms with van der Waals surface area (Å²) in [6.07, 6.45) is 18.8. The molecule has 0 amide bonds. The molecule has 0 aromatic carbocycles. The van der Waals surface area contributed by atoms with Gasteiger partial charge in [0, 0.05) is 0 Å². The fourth-order valence-electron chi connectivity index (χ4n) is 3.74. The SMILES string of the molecule is CCCCCCCCCCCCCCCC(CC)C(C(C)=O)C(=O)O. The van der Waals surface area contributed by atoms with Crippen LogP contribution in [0.1, 0.15) is 117 Å². The van der Waals surface area contributed by atoms with E-state index >= 15 is 0 Å². The van der Waals surface area contributed by atoms with E-state index in [1.54, 1.807) is 0 Å². The molecule has 0 aliphatic rings. The fourth-order valence-corrected chi connectivity index (χ4v) is 3.74. The second-order valence-corrected chi connectivity index (χ2v) is 7.63. The standard InChI is InChI=1S/C22H42O3/c1-4-6-7-8-9-10-11-12-13-14-15-16-17-18-20(5-2)21(19(3)23)22(24)25/h20-21H,4-18H2,1-3H3,(H,24,25). The van der Waals surface area contributed by atoms with E-state index in [1.165, 1.54) is 77.6 Å². The van der Waals surface area contributed by atoms with E-state index < -0.39 is 11.9 Å². The van der Waals surface area contributed by atoms with E-state index in [0.717, 1.165) is 25.7 Å². The number of rotatable bonds is 18. The summed E-state index contributed by atoms with van der Waals surface area (Å²) in [5.74, 6) is -1.95. The van der Waals surface area contributed by atoms with Crippen LogP contribution in [0.4, 0.5) is 0 Å². The van der Waals surface area contributed by atoms with E-state index in [9.17, 15) is 14.7 Å². The van der Waals surface area contributed by atoms with Crippen LogP contribution in [0.3, 0.4) is 0 Å². The van der Waals surface area contributed by atoms with Gasteiger partial charge in [0.05, 0.1) is 0 Å². The van der Waals surface area contributed by atoms with Gasteiger partial charge in [-0.25, -0.2) is 0 Å². The van der Waals surface area contributed by atoms with Gasteiger partial charge < -0.3 is 5.11 Å². The van der Waals surface area contributed by atoms with Crippen molar-refractivity contribution in [3.8, 4) is 0 Å². The molecule has 3 heteroatoms. The maximum atomic E-state index is 11.5. The zero-order valence-electron chi connectivity index (χ0n) is 17.0. The lowest BCUT2D eigenvalue weighted by atomic mass is 9.83. The Labute approximate surface area is 156 Å². The topological polar surface area (TPSA) is 54.4 Å². The summed E-state index contributed by atoms with van der Waals surface area (Å²) in [6.45, 7) is 5.66. The van der Waals surface area contributed by atoms with Crippen LogP contribution >= 0.6 is 0 Å². The zero-order valence-corrected chi connectivity index (χ0v) is 17.0. The Bertz CT molecular complexity index is 324. The Morgan fingerprint density at radius 2 is 1.12 bits per heavy atom. The number of carboxylic acids is 1. The number of hydrogen-bond donors (Lipinski definition) is 1. The first-order valence-corrected chi connectivity index (χ1v) is 10.8. The largest absolute Gasteiger partial charge is 0.481 e. The highest BCUT2D eigenvalue weighted by Crippen LogP contribution is 2.24. The van der Waals surface area contributed by atoms with Crippen LogP contribution < -0.4 is 0 Å². The number of carboxylic acid groups (broad SMARTS) is 1. The molecular weight excluding hydrogens is 312 g/mol. The van der Waals surface area contributed by atoms with Gasteiger partial charge in [-0.2, -0.15) is 0 Å². The number of Topliss-reactive ketones (excluding diaryl/α,β-unsaturated/α-hetero) is 1. The normalized spacial score (nSPS) is 13.6. The summed E-state index contributed by atoms with van der Waals surface area (Å²) >= 11 is 0. The first-order chi connectivity index (χ1) is 12.0. The Morgan fingerprint density at radius 1 is 0.720 bits per heavy atom. The summed E-state index contributed by atoms with van der Waals surface area (Å²) in [5.41, 5.74) is 0. The van der Waals surface area contributed by atoms with Crippen LogP contribution in [0.15, 0.2) is 0 Å². The van der Waals surface area contributed by atoms with Gasteiger partial charge in [0.1, 0.15) is 11.7 Å². The number of carbonyl (C=O) groups excluding carboxylic acids is 1. The number of carbonyl (C=O) groups is 2. The average molecular weight is 355 g/mol. The molecule has 3 nitrogen and oxygen atoms in total. The van der Waals surface area contributed by atoms with Gasteiger partial charge in [-0.1, -0.05) is 104 Å². The van der Waals surface area contributed by atoms with Gasteiger partial charge in [0.2, 0.25) is 0 Å². The van der Waals surface area contributed by atoms with Crippen molar-refractivity contribution in [2.45, 2.75) is 117 Å². The van der Waals surface area contributed by atoms with Gasteiger partial charge in [0.15, 0.2) is 0 Å². The second-order valence-electron chi connectivity index (χ2n) is 7.63. The van der Waals surface area contributed by atoms with E-state index in [2.05, 4.69) is 6.92 Å². The van der Waals surface area contributed by atoms with Gasteiger partial charge in [-0.05, 0) is 19.3 Å². The van der Waals surface area contributed by atoms with Crippen molar-refractivity contribution in [1.82, 2.24) is 0 Å². The lowest BCUT2D eigenvalue weighted by Gasteiger charge is -2.20. The van der Waals surface area contributed by atoms with Crippen molar-refractivity contribution in [2.75, 3.05) is 0 Å². The van der Waals surface area contributed by atoms with Crippen LogP contribution in [-0.2, 0) is 9.59 Å². The molecular formula is C22H42O3. The quantitative estimate of drug-likeness (QED) is 0.218. The van der Waals surface area contributed by atoms with Crippen molar-refractivity contribution in [3.63, 3.8) is 0 Å². The summed E-state index contributed by atoms with van der Waals surface area (Å²) in [7, 11) is 0. The smallest absolute Gasteiger partial charge is 0.314 e. The first-order valence-electron chi connectivity index (χ1n) is 10.8. The first kappa shape index (κ1) is 24.1. The highest BCUT2D eigenvalue weighted by Gasteiger charge is 2.30. The Hall–Kier alpha value is -0.860. The van der Waals surface area contributed by atoms with E-state index in [0.29, 0.717) is 0 Å². The molecule has 2 atom stereocenters. The molecule has 0 spiro atoms. The second kappa shape index (κ2) is 16.6. The third-order valence-corrected chi connectivity index (χ3v) is 5.38. The average Bonchev–Trinajstić information content (AvgIpc) is 2.57. The van der Waals surface area contributed by atoms with Crippen molar-refractivity contribution in [2.24, 2.45) is 11.8 Å². The maximum Gasteiger partial charge on any atom is 0.314 e. The molecule has 0 aromatic heterocycles. The van der Waals surface area contributed by atoms with Gasteiger partial charge >= 0.3 is 5.97 Å². The third-order valence-electron chi connectivity index (χ3n) is 5.38. The lowest BCUT2D eigenvalue weighted by molar-refractivity contribution is -0.148. The summed E-state index contributed by atoms with van der Waals surface area (Å²) in [5, 5.41) is 9.23. The molecule has 0 saturated carbocycles. The van der Waals surface area contributed by atoms with Gasteiger partial charge in [-0.15, -0.1) is 0 Å². The third kappa shape index (κ3) is 13.1. The molecule has 0 aliphatic carbocycles. The minimum absolute atomic E-state index is 0.00251. The highest BCUT2D eigenvalue weighted by molar-refractivity contribution is 5.97. The molecule has 1 N–H and O–H groups in total. The number of unbranched alkanes of at least 4 members (excludes halogenated alkanes) is 12. The van der Waals surface area contributed by atoms with Gasteiger partial charge in [-0.3, -0.25) is 9.59 Å². The molecule has 25 heavy (non-hydrogen) atoms. The molecule has 0 heterocycles. The minimum Gasteiger partial charge on any atom is -0.481 e. The van der Waals surface area contributed by atoms with E-state index in [4.69, 9.17) is 0 Å². The Kier molecular flexibility index (Phi) is 16.0. The van der Waals surface area contributed by atoms with Crippen LogP contribution in [0.25, 0.3) is 0 Å². The van der Waals surface area contributed by atoms with Crippen molar-refractivity contribution in [3.05, 3.63) is 0 Å². The van der Waals surface area contributed by atoms with Crippen molar-refractivity contribution >= 4 is 11.8 Å². The summed E-state index contributed by atoms with van der Waals surface area (Å²) in [4.78, 5) is 22.8. The zero-order chi connectivity index (χ0) is 18.9. The highest BCUT2D eigenvalue weighted by atomic mass is 16.4. The number of ketones is 1. The van der Waals surface area contributed by atoms with Gasteiger partial charge in [0.25, 0.3) is 0 Å². The molecule has 0 aliphatic heterocycles. The molecule has 0 radical (unpaired) electrons. The molecule has 2 unspecified atom stereocenters. The predicted molar refractivity (Wildman–Crippen MR) is 106 cm³/mol. The summed E-state index contributed by atoms with van der Waals surface area (Å²) in [6, 6.07) is 0. The van der Waals surface area contributed by atoms with Crippen LogP contribution in [0.2, 0.25) is 0 Å². The molecule has 0 aromatic rings. The monoisotopic (exact) mass is 354 g/mol. The predicted octanol–water partition coefficient (Wildman–Crippen LogP) is 6.78. The number of hydrogen-bond acceptors (Lipinski definition) is 2. The molecule has 0 rings (SSSR count). The van der Waals surface area contributed by atoms with Crippen LogP contribution in [-0.4, -0.2) is 16.9 Å². The Balaban J connectivity index is 3.56. The molecule has 0 saturated heterocycles. The van der Waals surface area contributed by atoms with Crippen molar-refractivity contribution in [1.29, 1.82) is 0 Å². The lowest BCUT2D eigenvalue weighted by Crippen LogP contribution is -2.29. The Morgan fingerprint density at radius 3 is 1.44 bits per heavy atom. The number of aliphatic carboxylic acids is 1. The van der Waals surface area contributed by atoms with E-state index in [-0.39, 0.29) is 11.7 Å². The molecule has 0 fully saturated rings.